The topological polar surface area (TPSA) is 120 Å². The second-order valence-corrected chi connectivity index (χ2v) is 11.0. The molecule has 1 saturated heterocycles. The van der Waals surface area contributed by atoms with Crippen LogP contribution in [-0.2, 0) is 6.54 Å². The van der Waals surface area contributed by atoms with Gasteiger partial charge in [0.15, 0.2) is 0 Å². The second kappa shape index (κ2) is 12.2. The Balaban J connectivity index is 1.51. The number of methoxy groups -OCH3 is 1. The monoisotopic (exact) mass is 567 g/mol. The van der Waals surface area contributed by atoms with Crippen molar-refractivity contribution in [1.82, 2.24) is 29.3 Å². The quantitative estimate of drug-likeness (QED) is 0.347. The Bertz CT molecular complexity index is 1600. The highest BCUT2D eigenvalue weighted by Gasteiger charge is 2.33. The lowest BCUT2D eigenvalue weighted by Crippen LogP contribution is -2.47. The summed E-state index contributed by atoms with van der Waals surface area (Å²) in [6.07, 6.45) is 6.82. The smallest absolute Gasteiger partial charge is 0.329 e. The molecule has 1 saturated carbocycles. The summed E-state index contributed by atoms with van der Waals surface area (Å²) in [5.41, 5.74) is 10.3. The first-order chi connectivity index (χ1) is 20.5. The average Bonchev–Trinajstić information content (AvgIpc) is 3.33. The minimum absolute atomic E-state index is 0.0423. The van der Waals surface area contributed by atoms with Gasteiger partial charge in [-0.2, -0.15) is 0 Å². The summed E-state index contributed by atoms with van der Waals surface area (Å²) in [6, 6.07) is 17.2. The van der Waals surface area contributed by atoms with Crippen LogP contribution in [0.2, 0.25) is 0 Å². The molecule has 0 spiro atoms. The van der Waals surface area contributed by atoms with E-state index >= 15 is 0 Å². The van der Waals surface area contributed by atoms with Crippen LogP contribution in [0, 0.1) is 0 Å². The fraction of sp³-hybridized carbons (Fsp3) is 0.375. The molecule has 1 aliphatic heterocycles. The molecule has 42 heavy (non-hydrogen) atoms. The van der Waals surface area contributed by atoms with E-state index in [4.69, 9.17) is 10.5 Å². The zero-order valence-electron chi connectivity index (χ0n) is 24.0. The molecule has 4 heterocycles. The van der Waals surface area contributed by atoms with Crippen LogP contribution in [-0.4, -0.2) is 63.2 Å². The van der Waals surface area contributed by atoms with Crippen LogP contribution >= 0.6 is 0 Å². The van der Waals surface area contributed by atoms with Crippen molar-refractivity contribution in [2.45, 2.75) is 44.7 Å². The van der Waals surface area contributed by atoms with Crippen LogP contribution in [0.15, 0.2) is 65.6 Å². The van der Waals surface area contributed by atoms with Gasteiger partial charge >= 0.3 is 5.69 Å². The first-order valence-corrected chi connectivity index (χ1v) is 14.7. The highest BCUT2D eigenvalue weighted by molar-refractivity contribution is 5.99. The van der Waals surface area contributed by atoms with Gasteiger partial charge in [0.25, 0.3) is 5.91 Å². The third-order valence-corrected chi connectivity index (χ3v) is 8.25. The van der Waals surface area contributed by atoms with Crippen molar-refractivity contribution < 1.29 is 9.53 Å². The predicted molar refractivity (Wildman–Crippen MR) is 163 cm³/mol. The Morgan fingerprint density at radius 3 is 2.48 bits per heavy atom. The van der Waals surface area contributed by atoms with Gasteiger partial charge in [-0.15, -0.1) is 0 Å². The molecule has 1 amide bonds. The Labute approximate surface area is 245 Å². The van der Waals surface area contributed by atoms with Gasteiger partial charge in [-0.1, -0.05) is 49.6 Å². The molecule has 6 rings (SSSR count). The Morgan fingerprint density at radius 1 is 1.02 bits per heavy atom. The average molecular weight is 568 g/mol. The summed E-state index contributed by atoms with van der Waals surface area (Å²) in [4.78, 5) is 39.5. The lowest BCUT2D eigenvalue weighted by molar-refractivity contribution is 0.0725. The third-order valence-electron chi connectivity index (χ3n) is 8.25. The van der Waals surface area contributed by atoms with Crippen molar-refractivity contribution in [2.75, 3.05) is 39.0 Å². The number of ether oxygens (including phenoxy) is 1. The molecule has 1 aromatic carbocycles. The highest BCUT2D eigenvalue weighted by Crippen LogP contribution is 2.34. The lowest BCUT2D eigenvalue weighted by Gasteiger charge is -2.28. The van der Waals surface area contributed by atoms with Gasteiger partial charge in [0.2, 0.25) is 5.88 Å². The number of piperazine rings is 1. The molecule has 10 nitrogen and oxygen atoms in total. The molecular weight excluding hydrogens is 530 g/mol. The van der Waals surface area contributed by atoms with E-state index in [1.807, 2.05) is 51.9 Å². The summed E-state index contributed by atoms with van der Waals surface area (Å²) < 4.78 is 8.76. The van der Waals surface area contributed by atoms with Crippen molar-refractivity contribution in [3.8, 4) is 28.4 Å². The first kappa shape index (κ1) is 27.7. The number of benzene rings is 1. The van der Waals surface area contributed by atoms with Gasteiger partial charge in [-0.25, -0.2) is 14.8 Å². The molecule has 0 atom stereocenters. The minimum atomic E-state index is -0.165. The Morgan fingerprint density at radius 2 is 1.79 bits per heavy atom. The SMILES string of the molecule is COc1ccc(-c2cc(Cn3c(C(=O)N4CCNCC4)c(-c4ccccc4)n(C4CCCCC4)c3=O)cc(N)n2)cn1. The van der Waals surface area contributed by atoms with E-state index in [0.29, 0.717) is 41.9 Å². The molecule has 2 aliphatic rings. The number of nitrogens with two attached hydrogens (primary N) is 1. The number of nitrogens with zero attached hydrogens (tertiary/aromatic N) is 5. The molecule has 3 aromatic heterocycles. The fourth-order valence-electron chi connectivity index (χ4n) is 6.18. The standard InChI is InChI=1S/C32H37N7O3/c1-42-28-13-12-24(20-35-28)26-18-22(19-27(33)36-26)21-38-30(31(40)37-16-14-34-15-17-37)29(23-8-4-2-5-9-23)39(32(38)41)25-10-6-3-7-11-25/h2,4-5,8-9,12-13,18-20,25,34H,3,6-7,10-11,14-17,21H2,1H3,(H2,33,36). The summed E-state index contributed by atoms with van der Waals surface area (Å²) in [6.45, 7) is 2.81. The Kier molecular flexibility index (Phi) is 8.05. The van der Waals surface area contributed by atoms with E-state index in [2.05, 4.69) is 15.3 Å². The van der Waals surface area contributed by atoms with Crippen molar-refractivity contribution in [2.24, 2.45) is 0 Å². The van der Waals surface area contributed by atoms with Crippen LogP contribution in [0.25, 0.3) is 22.5 Å². The summed E-state index contributed by atoms with van der Waals surface area (Å²) in [7, 11) is 1.57. The molecule has 4 aromatic rings. The number of aromatic nitrogens is 4. The molecule has 0 radical (unpaired) electrons. The van der Waals surface area contributed by atoms with Crippen molar-refractivity contribution in [3.05, 3.63) is 82.5 Å². The maximum Gasteiger partial charge on any atom is 0.329 e. The van der Waals surface area contributed by atoms with Gasteiger partial charge in [0.05, 0.1) is 25.0 Å². The first-order valence-electron chi connectivity index (χ1n) is 14.7. The third kappa shape index (κ3) is 5.54. The number of anilines is 1. The number of amides is 1. The van der Waals surface area contributed by atoms with Crippen molar-refractivity contribution >= 4 is 11.7 Å². The summed E-state index contributed by atoms with van der Waals surface area (Å²) in [5.74, 6) is 0.711. The molecule has 3 N–H and O–H groups in total. The Hall–Kier alpha value is -4.44. The van der Waals surface area contributed by atoms with Gasteiger partial charge in [0.1, 0.15) is 11.5 Å². The molecule has 218 valence electrons. The van der Waals surface area contributed by atoms with Crippen LogP contribution in [0.1, 0.15) is 54.2 Å². The van der Waals surface area contributed by atoms with Crippen LogP contribution in [0.3, 0.4) is 0 Å². The number of nitrogens with one attached hydrogen (secondary N) is 1. The van der Waals surface area contributed by atoms with Gasteiger partial charge in [-0.05, 0) is 36.6 Å². The number of carbonyl (C=O) groups is 1. The number of hydrogen-bond acceptors (Lipinski definition) is 7. The number of carbonyl (C=O) groups excluding carboxylic acids is 1. The van der Waals surface area contributed by atoms with Crippen LogP contribution in [0.4, 0.5) is 5.82 Å². The number of nitrogen functional groups attached to an aromatic ring is 1. The number of imidazole rings is 1. The van der Waals surface area contributed by atoms with E-state index in [-0.39, 0.29) is 24.2 Å². The van der Waals surface area contributed by atoms with Crippen molar-refractivity contribution in [1.29, 1.82) is 0 Å². The maximum atomic E-state index is 14.5. The molecule has 2 fully saturated rings. The largest absolute Gasteiger partial charge is 0.481 e. The van der Waals surface area contributed by atoms with Gasteiger partial charge in [-0.3, -0.25) is 13.9 Å². The molecule has 1 aliphatic carbocycles. The number of rotatable bonds is 7. The van der Waals surface area contributed by atoms with E-state index in [0.717, 1.165) is 55.5 Å². The normalized spacial score (nSPS) is 16.0. The van der Waals surface area contributed by atoms with E-state index < -0.39 is 0 Å². The number of pyridine rings is 2. The molecule has 0 unspecified atom stereocenters. The van der Waals surface area contributed by atoms with Crippen LogP contribution in [0.5, 0.6) is 5.88 Å². The molecular formula is C32H37N7O3. The van der Waals surface area contributed by atoms with E-state index in [9.17, 15) is 9.59 Å². The highest BCUT2D eigenvalue weighted by atomic mass is 16.5. The zero-order valence-corrected chi connectivity index (χ0v) is 24.0. The maximum absolute atomic E-state index is 14.5. The summed E-state index contributed by atoms with van der Waals surface area (Å²) >= 11 is 0. The lowest BCUT2D eigenvalue weighted by atomic mass is 9.94. The van der Waals surface area contributed by atoms with Crippen molar-refractivity contribution in [3.63, 3.8) is 0 Å². The zero-order chi connectivity index (χ0) is 29.1. The second-order valence-electron chi connectivity index (χ2n) is 11.0. The fourth-order valence-corrected chi connectivity index (χ4v) is 6.18. The van der Waals surface area contributed by atoms with Gasteiger partial charge < -0.3 is 20.7 Å². The van der Waals surface area contributed by atoms with Gasteiger partial charge in [0, 0.05) is 55.6 Å². The predicted octanol–water partition coefficient (Wildman–Crippen LogP) is 3.96. The number of hydrogen-bond donors (Lipinski definition) is 2. The summed E-state index contributed by atoms with van der Waals surface area (Å²) in [5, 5.41) is 3.32. The minimum Gasteiger partial charge on any atom is -0.481 e. The van der Waals surface area contributed by atoms with Crippen LogP contribution < -0.4 is 21.5 Å². The molecule has 0 bridgehead atoms. The molecule has 10 heteroatoms. The van der Waals surface area contributed by atoms with E-state index in [1.165, 1.54) is 6.42 Å². The van der Waals surface area contributed by atoms with E-state index in [1.54, 1.807) is 30.0 Å².